The van der Waals surface area contributed by atoms with Gasteiger partial charge in [-0.25, -0.2) is 14.0 Å². The number of nitrogens with one attached hydrogen (secondary N) is 2. The predicted octanol–water partition coefficient (Wildman–Crippen LogP) is 2.05. The number of cyclic esters (lactones) is 1. The van der Waals surface area contributed by atoms with Crippen LogP contribution in [-0.4, -0.2) is 61.8 Å². The van der Waals surface area contributed by atoms with Gasteiger partial charge in [0.2, 0.25) is 5.91 Å². The lowest BCUT2D eigenvalue weighted by Crippen LogP contribution is -2.39. The first-order chi connectivity index (χ1) is 14.4. The number of hydrogen-bond acceptors (Lipinski definition) is 4. The molecule has 2 aliphatic heterocycles. The number of carbonyl (C=O) groups is 3. The molecule has 4 atom stereocenters. The van der Waals surface area contributed by atoms with Crippen molar-refractivity contribution in [3.8, 4) is 0 Å². The molecule has 30 heavy (non-hydrogen) atoms. The summed E-state index contributed by atoms with van der Waals surface area (Å²) in [6.07, 6.45) is -0.640. The molecule has 4 rings (SSSR count). The first-order valence-corrected chi connectivity index (χ1v) is 10.5. The van der Waals surface area contributed by atoms with Crippen molar-refractivity contribution in [1.82, 2.24) is 15.5 Å². The average Bonchev–Trinajstić information content (AvgIpc) is 3.04. The molecule has 1 aliphatic carbocycles. The van der Waals surface area contributed by atoms with Crippen molar-refractivity contribution in [2.75, 3.05) is 37.6 Å². The van der Waals surface area contributed by atoms with Gasteiger partial charge in [0.05, 0.1) is 18.8 Å². The van der Waals surface area contributed by atoms with Crippen LogP contribution in [0.4, 0.5) is 19.7 Å². The standard InChI is InChI=1S/C21H27FN4O4/c1-3-18(27)24-8-13-9-26(21(29)30-13)12-5-6-14(17(22)7-12)19-15-10-25(11-16(15)19)20(28)23-4-2/h5-7,13,15-16,19H,3-4,8-11H2,1-2H3,(H,23,28)(H,24,27)/t13-,15-,16+,19+/m0/s1. The van der Waals surface area contributed by atoms with Gasteiger partial charge in [0.1, 0.15) is 11.9 Å². The van der Waals surface area contributed by atoms with Crippen molar-refractivity contribution in [1.29, 1.82) is 0 Å². The Labute approximate surface area is 174 Å². The molecule has 162 valence electrons. The van der Waals surface area contributed by atoms with Gasteiger partial charge in [-0.2, -0.15) is 0 Å². The van der Waals surface area contributed by atoms with E-state index in [9.17, 15) is 18.8 Å². The number of amides is 4. The van der Waals surface area contributed by atoms with Crippen LogP contribution < -0.4 is 15.5 Å². The van der Waals surface area contributed by atoms with E-state index < -0.39 is 12.2 Å². The Morgan fingerprint density at radius 3 is 2.53 bits per heavy atom. The fraction of sp³-hybridized carbons (Fsp3) is 0.571. The molecular weight excluding hydrogens is 391 g/mol. The molecule has 8 nitrogen and oxygen atoms in total. The number of anilines is 1. The summed E-state index contributed by atoms with van der Waals surface area (Å²) in [5.41, 5.74) is 1.09. The average molecular weight is 418 g/mol. The van der Waals surface area contributed by atoms with E-state index in [4.69, 9.17) is 4.74 Å². The molecule has 0 unspecified atom stereocenters. The molecule has 0 radical (unpaired) electrons. The molecule has 1 aromatic rings. The number of urea groups is 1. The highest BCUT2D eigenvalue weighted by atomic mass is 19.1. The van der Waals surface area contributed by atoms with Crippen molar-refractivity contribution in [2.24, 2.45) is 11.8 Å². The molecule has 9 heteroatoms. The van der Waals surface area contributed by atoms with Gasteiger partial charge < -0.3 is 20.3 Å². The third kappa shape index (κ3) is 3.80. The smallest absolute Gasteiger partial charge is 0.414 e. The van der Waals surface area contributed by atoms with Gasteiger partial charge in [0.25, 0.3) is 0 Å². The summed E-state index contributed by atoms with van der Waals surface area (Å²) in [5.74, 6) is 0.243. The summed E-state index contributed by atoms with van der Waals surface area (Å²) in [6, 6.07) is 4.79. The molecule has 2 saturated heterocycles. The first kappa shape index (κ1) is 20.4. The molecule has 0 aromatic heterocycles. The quantitative estimate of drug-likeness (QED) is 0.740. The lowest BCUT2D eigenvalue weighted by atomic mass is 10.1. The molecule has 4 amide bonds. The SMILES string of the molecule is CCNC(=O)N1C[C@@H]2[C@H](C1)[C@H]2c1ccc(N2C[C@H](CNC(=O)CC)OC2=O)cc1F. The van der Waals surface area contributed by atoms with Crippen LogP contribution in [0, 0.1) is 17.7 Å². The van der Waals surface area contributed by atoms with Gasteiger partial charge in [0, 0.05) is 26.1 Å². The minimum absolute atomic E-state index is 0.0588. The van der Waals surface area contributed by atoms with Crippen LogP contribution in [-0.2, 0) is 9.53 Å². The van der Waals surface area contributed by atoms with E-state index in [1.165, 1.54) is 11.0 Å². The monoisotopic (exact) mass is 418 g/mol. The van der Waals surface area contributed by atoms with E-state index in [1.54, 1.807) is 24.0 Å². The minimum atomic E-state index is -0.543. The van der Waals surface area contributed by atoms with E-state index in [0.717, 1.165) is 0 Å². The van der Waals surface area contributed by atoms with Crippen molar-refractivity contribution >= 4 is 23.7 Å². The number of piperidine rings is 1. The maximum atomic E-state index is 14.9. The fourth-order valence-corrected chi connectivity index (χ4v) is 4.56. The summed E-state index contributed by atoms with van der Waals surface area (Å²) in [5, 5.41) is 5.50. The van der Waals surface area contributed by atoms with E-state index in [2.05, 4.69) is 10.6 Å². The Kier molecular flexibility index (Phi) is 5.53. The second-order valence-electron chi connectivity index (χ2n) is 8.07. The van der Waals surface area contributed by atoms with Crippen LogP contribution in [0.5, 0.6) is 0 Å². The zero-order chi connectivity index (χ0) is 21.4. The highest BCUT2D eigenvalue weighted by molar-refractivity contribution is 5.90. The number of carbonyl (C=O) groups excluding carboxylic acids is 3. The van der Waals surface area contributed by atoms with Crippen LogP contribution in [0.15, 0.2) is 18.2 Å². The van der Waals surface area contributed by atoms with Gasteiger partial charge in [-0.05, 0) is 42.4 Å². The van der Waals surface area contributed by atoms with E-state index in [1.807, 2.05) is 6.92 Å². The number of nitrogens with zero attached hydrogens (tertiary/aromatic N) is 2. The maximum absolute atomic E-state index is 14.9. The minimum Gasteiger partial charge on any atom is -0.442 e. The van der Waals surface area contributed by atoms with Crippen molar-refractivity contribution in [3.63, 3.8) is 0 Å². The number of likely N-dealkylation sites (tertiary alicyclic amines) is 1. The molecule has 1 aromatic carbocycles. The number of ether oxygens (including phenoxy) is 1. The maximum Gasteiger partial charge on any atom is 0.414 e. The molecule has 2 heterocycles. The van der Waals surface area contributed by atoms with E-state index in [0.29, 0.717) is 37.3 Å². The Morgan fingerprint density at radius 1 is 1.17 bits per heavy atom. The van der Waals surface area contributed by atoms with Crippen LogP contribution in [0.25, 0.3) is 0 Å². The fourth-order valence-electron chi connectivity index (χ4n) is 4.56. The molecule has 0 spiro atoms. The van der Waals surface area contributed by atoms with Gasteiger partial charge in [0.15, 0.2) is 0 Å². The summed E-state index contributed by atoms with van der Waals surface area (Å²) in [4.78, 5) is 38.7. The largest absolute Gasteiger partial charge is 0.442 e. The molecule has 1 saturated carbocycles. The van der Waals surface area contributed by atoms with Crippen molar-refractivity contribution in [2.45, 2.75) is 32.3 Å². The lowest BCUT2D eigenvalue weighted by Gasteiger charge is -2.20. The normalized spacial score (nSPS) is 27.0. The Bertz CT molecular complexity index is 851. The number of fused-ring (bicyclic) bond motifs is 1. The van der Waals surface area contributed by atoms with Crippen molar-refractivity contribution in [3.05, 3.63) is 29.6 Å². The highest BCUT2D eigenvalue weighted by Gasteiger charge is 2.57. The summed E-state index contributed by atoms with van der Waals surface area (Å²) in [6.45, 7) is 6.01. The van der Waals surface area contributed by atoms with Crippen LogP contribution in [0.1, 0.15) is 31.7 Å². The van der Waals surface area contributed by atoms with E-state index in [-0.39, 0.29) is 48.6 Å². The highest BCUT2D eigenvalue weighted by Crippen LogP contribution is 2.58. The zero-order valence-corrected chi connectivity index (χ0v) is 17.2. The summed E-state index contributed by atoms with van der Waals surface area (Å²) >= 11 is 0. The predicted molar refractivity (Wildman–Crippen MR) is 108 cm³/mol. The van der Waals surface area contributed by atoms with Crippen molar-refractivity contribution < 1.29 is 23.5 Å². The third-order valence-electron chi connectivity index (χ3n) is 6.19. The number of halogens is 1. The van der Waals surface area contributed by atoms with Crippen LogP contribution >= 0.6 is 0 Å². The topological polar surface area (TPSA) is 91.0 Å². The van der Waals surface area contributed by atoms with Crippen LogP contribution in [0.2, 0.25) is 0 Å². The molecular formula is C21H27FN4O4. The molecule has 2 N–H and O–H groups in total. The molecule has 3 fully saturated rings. The second-order valence-corrected chi connectivity index (χ2v) is 8.07. The number of rotatable bonds is 6. The second kappa shape index (κ2) is 8.12. The Balaban J connectivity index is 1.36. The van der Waals surface area contributed by atoms with Gasteiger partial charge >= 0.3 is 12.1 Å². The summed E-state index contributed by atoms with van der Waals surface area (Å²) in [7, 11) is 0. The number of benzene rings is 1. The number of hydrogen-bond donors (Lipinski definition) is 2. The molecule has 3 aliphatic rings. The first-order valence-electron chi connectivity index (χ1n) is 10.5. The third-order valence-corrected chi connectivity index (χ3v) is 6.19. The molecule has 0 bridgehead atoms. The summed E-state index contributed by atoms with van der Waals surface area (Å²) < 4.78 is 20.1. The van der Waals surface area contributed by atoms with Gasteiger partial charge in [-0.15, -0.1) is 0 Å². The van der Waals surface area contributed by atoms with E-state index >= 15 is 0 Å². The Hall–Kier alpha value is -2.84. The lowest BCUT2D eigenvalue weighted by molar-refractivity contribution is -0.121. The Morgan fingerprint density at radius 2 is 1.90 bits per heavy atom. The van der Waals surface area contributed by atoms with Crippen LogP contribution in [0.3, 0.4) is 0 Å². The zero-order valence-electron chi connectivity index (χ0n) is 17.2. The van der Waals surface area contributed by atoms with Gasteiger partial charge in [-0.3, -0.25) is 9.69 Å². The van der Waals surface area contributed by atoms with Gasteiger partial charge in [-0.1, -0.05) is 13.0 Å².